The Morgan fingerprint density at radius 1 is 1.31 bits per heavy atom. The molecule has 4 nitrogen and oxygen atoms in total. The maximum atomic E-state index is 5.63. The molecule has 0 bridgehead atoms. The summed E-state index contributed by atoms with van der Waals surface area (Å²) in [5.74, 6) is 1.57. The molecule has 16 heavy (non-hydrogen) atoms. The number of halogens is 1. The summed E-state index contributed by atoms with van der Waals surface area (Å²) >= 11 is 5.62. The number of para-hydroxylation sites is 1. The molecule has 0 fully saturated rings. The van der Waals surface area contributed by atoms with E-state index in [2.05, 4.69) is 10.1 Å². The SMILES string of the molecule is Clc1noc(C2COc3ccccc3C2)n1. The van der Waals surface area contributed by atoms with Crippen LogP contribution < -0.4 is 4.74 Å². The van der Waals surface area contributed by atoms with Crippen LogP contribution in [0.2, 0.25) is 5.28 Å². The van der Waals surface area contributed by atoms with Crippen LogP contribution in [-0.2, 0) is 6.42 Å². The first-order valence-corrected chi connectivity index (χ1v) is 5.40. The third-order valence-electron chi connectivity index (χ3n) is 2.65. The van der Waals surface area contributed by atoms with E-state index in [0.717, 1.165) is 17.7 Å². The minimum absolute atomic E-state index is 0.0925. The Hall–Kier alpha value is -1.55. The van der Waals surface area contributed by atoms with Crippen LogP contribution in [-0.4, -0.2) is 16.7 Å². The summed E-state index contributed by atoms with van der Waals surface area (Å²) in [5, 5.41) is 3.72. The Labute approximate surface area is 97.2 Å². The van der Waals surface area contributed by atoms with Gasteiger partial charge in [0.1, 0.15) is 12.4 Å². The molecule has 0 radical (unpaired) electrons. The van der Waals surface area contributed by atoms with Crippen molar-refractivity contribution in [3.63, 3.8) is 0 Å². The van der Waals surface area contributed by atoms with Gasteiger partial charge in [0.15, 0.2) is 0 Å². The molecule has 0 amide bonds. The molecule has 1 atom stereocenters. The Bertz CT molecular complexity index is 512. The first-order chi connectivity index (χ1) is 7.83. The van der Waals surface area contributed by atoms with Gasteiger partial charge in [-0.25, -0.2) is 0 Å². The number of ether oxygens (including phenoxy) is 1. The fraction of sp³-hybridized carbons (Fsp3) is 0.273. The van der Waals surface area contributed by atoms with E-state index in [0.29, 0.717) is 12.5 Å². The van der Waals surface area contributed by atoms with Gasteiger partial charge in [-0.15, -0.1) is 0 Å². The van der Waals surface area contributed by atoms with Crippen LogP contribution in [0.5, 0.6) is 5.75 Å². The normalized spacial score (nSPS) is 18.9. The third kappa shape index (κ3) is 1.65. The van der Waals surface area contributed by atoms with Crippen LogP contribution in [0, 0.1) is 0 Å². The highest BCUT2D eigenvalue weighted by atomic mass is 35.5. The van der Waals surface area contributed by atoms with Crippen molar-refractivity contribution in [3.8, 4) is 5.75 Å². The van der Waals surface area contributed by atoms with Gasteiger partial charge in [-0.05, 0) is 34.8 Å². The van der Waals surface area contributed by atoms with Crippen molar-refractivity contribution in [3.05, 3.63) is 41.0 Å². The summed E-state index contributed by atoms with van der Waals surface area (Å²) in [6.07, 6.45) is 0.842. The van der Waals surface area contributed by atoms with Crippen LogP contribution in [0.15, 0.2) is 28.8 Å². The molecule has 1 aromatic carbocycles. The minimum atomic E-state index is 0.0925. The number of hydrogen-bond donors (Lipinski definition) is 0. The van der Waals surface area contributed by atoms with Crippen molar-refractivity contribution in [2.24, 2.45) is 0 Å². The highest BCUT2D eigenvalue weighted by Crippen LogP contribution is 2.31. The number of benzene rings is 1. The Balaban J connectivity index is 1.88. The topological polar surface area (TPSA) is 48.2 Å². The minimum Gasteiger partial charge on any atom is -0.492 e. The van der Waals surface area contributed by atoms with Gasteiger partial charge in [-0.1, -0.05) is 18.2 Å². The van der Waals surface area contributed by atoms with Crippen LogP contribution in [0.1, 0.15) is 17.4 Å². The summed E-state index contributed by atoms with van der Waals surface area (Å²) in [6.45, 7) is 0.551. The van der Waals surface area contributed by atoms with Crippen molar-refractivity contribution < 1.29 is 9.26 Å². The fourth-order valence-corrected chi connectivity index (χ4v) is 1.99. The summed E-state index contributed by atoms with van der Waals surface area (Å²) in [7, 11) is 0. The van der Waals surface area contributed by atoms with Gasteiger partial charge in [0.25, 0.3) is 5.28 Å². The zero-order valence-electron chi connectivity index (χ0n) is 8.39. The summed E-state index contributed by atoms with van der Waals surface area (Å²) in [5.41, 5.74) is 1.16. The summed E-state index contributed by atoms with van der Waals surface area (Å²) in [4.78, 5) is 4.01. The zero-order valence-corrected chi connectivity index (χ0v) is 9.15. The molecule has 0 aliphatic carbocycles. The van der Waals surface area contributed by atoms with Crippen LogP contribution in [0.3, 0.4) is 0 Å². The molecule has 5 heteroatoms. The standard InChI is InChI=1S/C11H9ClN2O2/c12-11-13-10(16-14-11)8-5-7-3-1-2-4-9(7)15-6-8/h1-4,8H,5-6H2. The third-order valence-corrected chi connectivity index (χ3v) is 2.80. The molecule has 0 N–H and O–H groups in total. The Morgan fingerprint density at radius 3 is 3.00 bits per heavy atom. The molecule has 0 spiro atoms. The van der Waals surface area contributed by atoms with E-state index in [1.165, 1.54) is 0 Å². The lowest BCUT2D eigenvalue weighted by molar-refractivity contribution is 0.230. The second kappa shape index (κ2) is 3.79. The van der Waals surface area contributed by atoms with Gasteiger partial charge in [-0.2, -0.15) is 4.98 Å². The maximum Gasteiger partial charge on any atom is 0.263 e. The Morgan fingerprint density at radius 2 is 2.19 bits per heavy atom. The van der Waals surface area contributed by atoms with E-state index in [4.69, 9.17) is 20.9 Å². The van der Waals surface area contributed by atoms with Crippen LogP contribution in [0.4, 0.5) is 0 Å². The summed E-state index contributed by atoms with van der Waals surface area (Å²) < 4.78 is 10.7. The molecule has 1 aromatic heterocycles. The highest BCUT2D eigenvalue weighted by molar-refractivity contribution is 6.28. The average Bonchev–Trinajstić information content (AvgIpc) is 2.75. The lowest BCUT2D eigenvalue weighted by Gasteiger charge is -2.22. The molecular weight excluding hydrogens is 228 g/mol. The molecular formula is C11H9ClN2O2. The van der Waals surface area contributed by atoms with E-state index in [1.807, 2.05) is 24.3 Å². The monoisotopic (exact) mass is 236 g/mol. The van der Waals surface area contributed by atoms with Crippen molar-refractivity contribution in [2.45, 2.75) is 12.3 Å². The average molecular weight is 237 g/mol. The van der Waals surface area contributed by atoms with E-state index in [-0.39, 0.29) is 11.2 Å². The van der Waals surface area contributed by atoms with Crippen LogP contribution in [0.25, 0.3) is 0 Å². The van der Waals surface area contributed by atoms with Crippen molar-refractivity contribution in [2.75, 3.05) is 6.61 Å². The predicted molar refractivity (Wildman–Crippen MR) is 57.7 cm³/mol. The maximum absolute atomic E-state index is 5.63. The molecule has 1 aliphatic rings. The molecule has 82 valence electrons. The molecule has 0 saturated heterocycles. The molecule has 2 heterocycles. The van der Waals surface area contributed by atoms with Gasteiger partial charge in [-0.3, -0.25) is 0 Å². The largest absolute Gasteiger partial charge is 0.492 e. The van der Waals surface area contributed by atoms with E-state index >= 15 is 0 Å². The van der Waals surface area contributed by atoms with E-state index < -0.39 is 0 Å². The second-order valence-electron chi connectivity index (χ2n) is 3.72. The lowest BCUT2D eigenvalue weighted by Crippen LogP contribution is -2.19. The number of nitrogens with zero attached hydrogens (tertiary/aromatic N) is 2. The first kappa shape index (κ1) is 9.66. The molecule has 2 aromatic rings. The number of aromatic nitrogens is 2. The van der Waals surface area contributed by atoms with Crippen molar-refractivity contribution in [1.29, 1.82) is 0 Å². The van der Waals surface area contributed by atoms with Gasteiger partial charge in [0.05, 0.1) is 5.92 Å². The lowest BCUT2D eigenvalue weighted by atomic mass is 9.97. The highest BCUT2D eigenvalue weighted by Gasteiger charge is 2.25. The fourth-order valence-electron chi connectivity index (χ4n) is 1.87. The number of hydrogen-bond acceptors (Lipinski definition) is 4. The van der Waals surface area contributed by atoms with Crippen molar-refractivity contribution >= 4 is 11.6 Å². The number of rotatable bonds is 1. The van der Waals surface area contributed by atoms with Gasteiger partial charge in [0, 0.05) is 0 Å². The molecule has 0 saturated carbocycles. The molecule has 1 unspecified atom stereocenters. The van der Waals surface area contributed by atoms with E-state index in [9.17, 15) is 0 Å². The zero-order chi connectivity index (χ0) is 11.0. The predicted octanol–water partition coefficient (Wildman–Crippen LogP) is 2.44. The van der Waals surface area contributed by atoms with Crippen molar-refractivity contribution in [1.82, 2.24) is 10.1 Å². The first-order valence-electron chi connectivity index (χ1n) is 5.03. The number of fused-ring (bicyclic) bond motifs is 1. The second-order valence-corrected chi connectivity index (χ2v) is 4.06. The Kier molecular flexibility index (Phi) is 2.29. The molecule has 1 aliphatic heterocycles. The van der Waals surface area contributed by atoms with E-state index in [1.54, 1.807) is 0 Å². The molecule has 3 rings (SSSR count). The van der Waals surface area contributed by atoms with Gasteiger partial charge >= 0.3 is 0 Å². The smallest absolute Gasteiger partial charge is 0.263 e. The quantitative estimate of drug-likeness (QED) is 0.763. The van der Waals surface area contributed by atoms with Gasteiger partial charge in [0.2, 0.25) is 5.89 Å². The van der Waals surface area contributed by atoms with Gasteiger partial charge < -0.3 is 9.26 Å². The summed E-state index contributed by atoms with van der Waals surface area (Å²) in [6, 6.07) is 7.96. The van der Waals surface area contributed by atoms with Crippen LogP contribution >= 0.6 is 11.6 Å².